The lowest BCUT2D eigenvalue weighted by Crippen LogP contribution is -2.04. The van der Waals surface area contributed by atoms with E-state index in [0.29, 0.717) is 24.0 Å². The van der Waals surface area contributed by atoms with Crippen molar-refractivity contribution in [2.45, 2.75) is 25.8 Å². The first-order chi connectivity index (χ1) is 13.3. The number of fused-ring (bicyclic) bond motifs is 1. The van der Waals surface area contributed by atoms with Crippen molar-refractivity contribution in [3.63, 3.8) is 0 Å². The standard InChI is InChI=1S/C20H18N4O3/c1-25-17-11-14-5-2-4-13(14)10-15(17)19-21-7-8-24(19)12-18-22-20(27-23-18)16-6-3-9-26-16/h3,6-11H,2,4-5,12H2,1H3. The Morgan fingerprint density at radius 3 is 2.93 bits per heavy atom. The molecule has 0 saturated heterocycles. The normalized spacial score (nSPS) is 13.1. The Kier molecular flexibility index (Phi) is 3.78. The van der Waals surface area contributed by atoms with Gasteiger partial charge in [0.05, 0.1) is 25.5 Å². The first kappa shape index (κ1) is 15.9. The molecule has 0 N–H and O–H groups in total. The third-order valence-corrected chi connectivity index (χ3v) is 4.88. The highest BCUT2D eigenvalue weighted by Crippen LogP contribution is 2.35. The Morgan fingerprint density at radius 2 is 2.11 bits per heavy atom. The molecule has 0 spiro atoms. The molecule has 3 aromatic heterocycles. The second-order valence-corrected chi connectivity index (χ2v) is 6.55. The second kappa shape index (κ2) is 6.42. The van der Waals surface area contributed by atoms with Crippen LogP contribution in [0.3, 0.4) is 0 Å². The van der Waals surface area contributed by atoms with Crippen LogP contribution in [0.4, 0.5) is 0 Å². The summed E-state index contributed by atoms with van der Waals surface area (Å²) in [6.07, 6.45) is 8.66. The number of rotatable bonds is 5. The van der Waals surface area contributed by atoms with E-state index in [4.69, 9.17) is 13.7 Å². The van der Waals surface area contributed by atoms with Gasteiger partial charge < -0.3 is 18.2 Å². The third-order valence-electron chi connectivity index (χ3n) is 4.88. The smallest absolute Gasteiger partial charge is 0.293 e. The molecule has 0 saturated carbocycles. The van der Waals surface area contributed by atoms with Crippen LogP contribution in [0, 0.1) is 0 Å². The van der Waals surface area contributed by atoms with E-state index in [9.17, 15) is 0 Å². The van der Waals surface area contributed by atoms with Gasteiger partial charge in [-0.2, -0.15) is 4.98 Å². The summed E-state index contributed by atoms with van der Waals surface area (Å²) >= 11 is 0. The highest BCUT2D eigenvalue weighted by Gasteiger charge is 2.20. The number of methoxy groups -OCH3 is 1. The van der Waals surface area contributed by atoms with Gasteiger partial charge in [0.2, 0.25) is 0 Å². The van der Waals surface area contributed by atoms with E-state index in [0.717, 1.165) is 30.0 Å². The predicted molar refractivity (Wildman–Crippen MR) is 97.3 cm³/mol. The molecule has 5 rings (SSSR count). The summed E-state index contributed by atoms with van der Waals surface area (Å²) in [5.41, 5.74) is 3.73. The van der Waals surface area contributed by atoms with Crippen LogP contribution in [0.1, 0.15) is 23.4 Å². The van der Waals surface area contributed by atoms with E-state index in [1.165, 1.54) is 17.5 Å². The van der Waals surface area contributed by atoms with Crippen LogP contribution in [0.2, 0.25) is 0 Å². The van der Waals surface area contributed by atoms with Crippen molar-refractivity contribution in [2.24, 2.45) is 0 Å². The molecule has 0 aliphatic heterocycles. The lowest BCUT2D eigenvalue weighted by Gasteiger charge is -2.12. The fourth-order valence-corrected chi connectivity index (χ4v) is 3.60. The first-order valence-electron chi connectivity index (χ1n) is 8.89. The maximum atomic E-state index is 5.64. The minimum absolute atomic E-state index is 0.367. The molecule has 7 heteroatoms. The summed E-state index contributed by atoms with van der Waals surface area (Å²) in [7, 11) is 1.70. The molecule has 0 unspecified atom stereocenters. The van der Waals surface area contributed by atoms with Gasteiger partial charge in [0.25, 0.3) is 5.89 Å². The Labute approximate surface area is 155 Å². The van der Waals surface area contributed by atoms with Crippen molar-refractivity contribution >= 4 is 0 Å². The summed E-state index contributed by atoms with van der Waals surface area (Å²) in [4.78, 5) is 8.96. The third kappa shape index (κ3) is 2.81. The maximum absolute atomic E-state index is 5.64. The monoisotopic (exact) mass is 362 g/mol. The number of furan rings is 1. The van der Waals surface area contributed by atoms with E-state index in [1.54, 1.807) is 31.7 Å². The van der Waals surface area contributed by atoms with Crippen molar-refractivity contribution in [1.29, 1.82) is 0 Å². The number of aromatic nitrogens is 4. The number of aryl methyl sites for hydroxylation is 2. The van der Waals surface area contributed by atoms with Gasteiger partial charge in [0, 0.05) is 12.4 Å². The van der Waals surface area contributed by atoms with Gasteiger partial charge in [-0.25, -0.2) is 4.98 Å². The molecule has 1 aliphatic rings. The van der Waals surface area contributed by atoms with E-state index in [2.05, 4.69) is 27.3 Å². The quantitative estimate of drug-likeness (QED) is 0.538. The van der Waals surface area contributed by atoms with Crippen molar-refractivity contribution in [2.75, 3.05) is 7.11 Å². The Morgan fingerprint density at radius 1 is 1.22 bits per heavy atom. The SMILES string of the molecule is COc1cc2c(cc1-c1nccn1Cc1noc(-c3ccco3)n1)CCC2. The van der Waals surface area contributed by atoms with E-state index >= 15 is 0 Å². The summed E-state index contributed by atoms with van der Waals surface area (Å²) in [5, 5.41) is 4.06. The van der Waals surface area contributed by atoms with Crippen LogP contribution < -0.4 is 4.74 Å². The largest absolute Gasteiger partial charge is 0.496 e. The molecule has 0 radical (unpaired) electrons. The van der Waals surface area contributed by atoms with Gasteiger partial charge in [-0.05, 0) is 54.7 Å². The van der Waals surface area contributed by atoms with Crippen molar-refractivity contribution in [1.82, 2.24) is 19.7 Å². The molecule has 0 amide bonds. The molecule has 0 fully saturated rings. The van der Waals surface area contributed by atoms with Crippen LogP contribution in [-0.4, -0.2) is 26.8 Å². The molecular formula is C20H18N4O3. The highest BCUT2D eigenvalue weighted by atomic mass is 16.5. The summed E-state index contributed by atoms with van der Waals surface area (Å²) < 4.78 is 18.2. The van der Waals surface area contributed by atoms with Crippen molar-refractivity contribution in [3.05, 3.63) is 59.9 Å². The molecule has 7 nitrogen and oxygen atoms in total. The Hall–Kier alpha value is -3.35. The number of hydrogen-bond donors (Lipinski definition) is 0. The first-order valence-corrected chi connectivity index (χ1v) is 8.89. The van der Waals surface area contributed by atoms with Gasteiger partial charge in [-0.1, -0.05) is 5.16 Å². The lowest BCUT2D eigenvalue weighted by atomic mass is 10.0. The van der Waals surface area contributed by atoms with Gasteiger partial charge in [0.15, 0.2) is 11.6 Å². The maximum Gasteiger partial charge on any atom is 0.293 e. The van der Waals surface area contributed by atoms with Gasteiger partial charge in [-0.15, -0.1) is 0 Å². The molecular weight excluding hydrogens is 344 g/mol. The Balaban J connectivity index is 1.48. The average Bonchev–Trinajstić information content (AvgIpc) is 3.46. The average molecular weight is 362 g/mol. The molecule has 4 aromatic rings. The number of benzene rings is 1. The minimum atomic E-state index is 0.367. The number of hydrogen-bond acceptors (Lipinski definition) is 6. The molecule has 0 atom stereocenters. The number of ether oxygens (including phenoxy) is 1. The lowest BCUT2D eigenvalue weighted by molar-refractivity contribution is 0.407. The van der Waals surface area contributed by atoms with Crippen LogP contribution in [0.15, 0.2) is 51.9 Å². The van der Waals surface area contributed by atoms with E-state index < -0.39 is 0 Å². The summed E-state index contributed by atoms with van der Waals surface area (Å²) in [6, 6.07) is 7.91. The van der Waals surface area contributed by atoms with Crippen LogP contribution in [0.25, 0.3) is 23.0 Å². The van der Waals surface area contributed by atoms with Crippen LogP contribution >= 0.6 is 0 Å². The predicted octanol–water partition coefficient (Wildman–Crippen LogP) is 3.74. The van der Waals surface area contributed by atoms with Crippen LogP contribution in [0.5, 0.6) is 5.75 Å². The molecule has 136 valence electrons. The highest BCUT2D eigenvalue weighted by molar-refractivity contribution is 5.67. The summed E-state index contributed by atoms with van der Waals surface area (Å²) in [6.45, 7) is 0.444. The molecule has 27 heavy (non-hydrogen) atoms. The fraction of sp³-hybridized carbons (Fsp3) is 0.250. The zero-order chi connectivity index (χ0) is 18.2. The Bertz CT molecular complexity index is 1080. The van der Waals surface area contributed by atoms with Crippen LogP contribution in [-0.2, 0) is 19.4 Å². The van der Waals surface area contributed by atoms with Gasteiger partial charge in [0.1, 0.15) is 11.6 Å². The zero-order valence-corrected chi connectivity index (χ0v) is 14.9. The minimum Gasteiger partial charge on any atom is -0.496 e. The van der Waals surface area contributed by atoms with Gasteiger partial charge in [-0.3, -0.25) is 0 Å². The van der Waals surface area contributed by atoms with E-state index in [1.807, 2.05) is 10.8 Å². The summed E-state index contributed by atoms with van der Waals surface area (Å²) in [5.74, 6) is 3.14. The zero-order valence-electron chi connectivity index (χ0n) is 14.9. The van der Waals surface area contributed by atoms with Gasteiger partial charge >= 0.3 is 0 Å². The van der Waals surface area contributed by atoms with Crippen molar-refractivity contribution < 1.29 is 13.7 Å². The molecule has 1 aromatic carbocycles. The number of imidazole rings is 1. The fourth-order valence-electron chi connectivity index (χ4n) is 3.60. The molecule has 1 aliphatic carbocycles. The number of nitrogens with zero attached hydrogens (tertiary/aromatic N) is 4. The topological polar surface area (TPSA) is 79.1 Å². The second-order valence-electron chi connectivity index (χ2n) is 6.55. The molecule has 0 bridgehead atoms. The molecule has 3 heterocycles. The van der Waals surface area contributed by atoms with Crippen molar-refractivity contribution in [3.8, 4) is 28.8 Å². The van der Waals surface area contributed by atoms with E-state index in [-0.39, 0.29) is 0 Å².